The molecule has 0 aliphatic heterocycles. The molecule has 3 N–H and O–H groups in total. The average molecular weight is 281 g/mol. The van der Waals surface area contributed by atoms with E-state index in [1.165, 1.54) is 6.07 Å². The molecule has 0 heterocycles. The standard InChI is InChI=1S/C10H14ClFN2O2S/c1-2-17(15,16)4-3-14-10-5-7(11)8(12)6-9(10)13/h5-6,14H,2-4,13H2,1H3. The maximum Gasteiger partial charge on any atom is 0.151 e. The molecule has 4 nitrogen and oxygen atoms in total. The molecular weight excluding hydrogens is 267 g/mol. The van der Waals surface area contributed by atoms with Gasteiger partial charge < -0.3 is 11.1 Å². The third-order valence-corrected chi connectivity index (χ3v) is 4.26. The molecule has 96 valence electrons. The topological polar surface area (TPSA) is 72.2 Å². The molecule has 0 bridgehead atoms. The highest BCUT2D eigenvalue weighted by atomic mass is 35.5. The molecule has 0 unspecified atom stereocenters. The summed E-state index contributed by atoms with van der Waals surface area (Å²) in [6, 6.07) is 2.43. The van der Waals surface area contributed by atoms with Crippen LogP contribution in [0, 0.1) is 5.82 Å². The Morgan fingerprint density at radius 1 is 1.47 bits per heavy atom. The first-order valence-electron chi connectivity index (χ1n) is 5.04. The van der Waals surface area contributed by atoms with Crippen LogP contribution < -0.4 is 11.1 Å². The minimum atomic E-state index is -3.03. The SMILES string of the molecule is CCS(=O)(=O)CCNc1cc(Cl)c(F)cc1N. The maximum absolute atomic E-state index is 13.0. The first-order valence-corrected chi connectivity index (χ1v) is 7.24. The van der Waals surface area contributed by atoms with Gasteiger partial charge >= 0.3 is 0 Å². The molecule has 0 fully saturated rings. The first kappa shape index (κ1) is 14.1. The van der Waals surface area contributed by atoms with Crippen LogP contribution in [-0.4, -0.2) is 26.5 Å². The fraction of sp³-hybridized carbons (Fsp3) is 0.400. The van der Waals surface area contributed by atoms with Crippen LogP contribution in [0.3, 0.4) is 0 Å². The predicted molar refractivity (Wildman–Crippen MR) is 68.6 cm³/mol. The zero-order chi connectivity index (χ0) is 13.1. The van der Waals surface area contributed by atoms with Gasteiger partial charge in [-0.25, -0.2) is 12.8 Å². The molecular formula is C10H14ClFN2O2S. The van der Waals surface area contributed by atoms with Gasteiger partial charge in [0.1, 0.15) is 5.82 Å². The van der Waals surface area contributed by atoms with Gasteiger partial charge in [0.15, 0.2) is 9.84 Å². The smallest absolute Gasteiger partial charge is 0.151 e. The van der Waals surface area contributed by atoms with E-state index in [4.69, 9.17) is 17.3 Å². The Labute approximate surface area is 105 Å². The number of anilines is 2. The van der Waals surface area contributed by atoms with Crippen LogP contribution in [0.2, 0.25) is 5.02 Å². The summed E-state index contributed by atoms with van der Waals surface area (Å²) in [5, 5.41) is 2.76. The summed E-state index contributed by atoms with van der Waals surface area (Å²) in [6.07, 6.45) is 0. The second kappa shape index (κ2) is 5.55. The van der Waals surface area contributed by atoms with Gasteiger partial charge in [-0.15, -0.1) is 0 Å². The van der Waals surface area contributed by atoms with Gasteiger partial charge in [0.05, 0.1) is 22.2 Å². The maximum atomic E-state index is 13.0. The van der Waals surface area contributed by atoms with E-state index in [-0.39, 0.29) is 28.8 Å². The molecule has 0 spiro atoms. The van der Waals surface area contributed by atoms with Gasteiger partial charge in [0.2, 0.25) is 0 Å². The van der Waals surface area contributed by atoms with Crippen LogP contribution in [0.15, 0.2) is 12.1 Å². The number of hydrogen-bond acceptors (Lipinski definition) is 4. The van der Waals surface area contributed by atoms with E-state index in [1.807, 2.05) is 0 Å². The van der Waals surface area contributed by atoms with Gasteiger partial charge in [-0.3, -0.25) is 0 Å². The van der Waals surface area contributed by atoms with Crippen molar-refractivity contribution in [2.24, 2.45) is 0 Å². The van der Waals surface area contributed by atoms with Crippen molar-refractivity contribution in [1.29, 1.82) is 0 Å². The van der Waals surface area contributed by atoms with E-state index in [2.05, 4.69) is 5.32 Å². The zero-order valence-corrected chi connectivity index (χ0v) is 10.9. The van der Waals surface area contributed by atoms with Crippen LogP contribution in [0.5, 0.6) is 0 Å². The summed E-state index contributed by atoms with van der Waals surface area (Å²) in [4.78, 5) is 0. The lowest BCUT2D eigenvalue weighted by Gasteiger charge is -2.10. The number of nitrogen functional groups attached to an aromatic ring is 1. The lowest BCUT2D eigenvalue weighted by atomic mass is 10.2. The van der Waals surface area contributed by atoms with Gasteiger partial charge in [0, 0.05) is 18.4 Å². The molecule has 7 heteroatoms. The molecule has 0 aliphatic rings. The largest absolute Gasteiger partial charge is 0.397 e. The second-order valence-corrected chi connectivity index (χ2v) is 6.40. The summed E-state index contributed by atoms with van der Waals surface area (Å²) < 4.78 is 35.5. The van der Waals surface area contributed by atoms with Crippen LogP contribution in [0.1, 0.15) is 6.92 Å². The third-order valence-electron chi connectivity index (χ3n) is 2.26. The lowest BCUT2D eigenvalue weighted by Crippen LogP contribution is -2.17. The van der Waals surface area contributed by atoms with E-state index in [1.54, 1.807) is 6.92 Å². The molecule has 0 saturated heterocycles. The summed E-state index contributed by atoms with van der Waals surface area (Å²) in [7, 11) is -3.03. The number of nitrogens with two attached hydrogens (primary N) is 1. The number of sulfone groups is 1. The van der Waals surface area contributed by atoms with Crippen LogP contribution in [0.4, 0.5) is 15.8 Å². The minimum Gasteiger partial charge on any atom is -0.397 e. The van der Waals surface area contributed by atoms with Gasteiger partial charge in [-0.1, -0.05) is 18.5 Å². The third kappa shape index (κ3) is 4.05. The monoisotopic (exact) mass is 280 g/mol. The molecule has 17 heavy (non-hydrogen) atoms. The van der Waals surface area contributed by atoms with Gasteiger partial charge in [0.25, 0.3) is 0 Å². The van der Waals surface area contributed by atoms with Crippen molar-refractivity contribution < 1.29 is 12.8 Å². The van der Waals surface area contributed by atoms with Crippen molar-refractivity contribution in [3.63, 3.8) is 0 Å². The minimum absolute atomic E-state index is 0.00205. The van der Waals surface area contributed by atoms with E-state index in [0.717, 1.165) is 6.07 Å². The summed E-state index contributed by atoms with van der Waals surface area (Å²) in [6.45, 7) is 1.79. The van der Waals surface area contributed by atoms with E-state index >= 15 is 0 Å². The molecule has 0 aliphatic carbocycles. The molecule has 1 aromatic rings. The summed E-state index contributed by atoms with van der Waals surface area (Å²) in [5.41, 5.74) is 6.19. The molecule has 0 amide bonds. The van der Waals surface area contributed by atoms with Crippen molar-refractivity contribution in [2.45, 2.75) is 6.92 Å². The van der Waals surface area contributed by atoms with E-state index in [9.17, 15) is 12.8 Å². The Bertz CT molecular complexity index is 505. The van der Waals surface area contributed by atoms with Crippen molar-refractivity contribution in [3.05, 3.63) is 23.0 Å². The summed E-state index contributed by atoms with van der Waals surface area (Å²) in [5.74, 6) is -0.511. The van der Waals surface area contributed by atoms with Gasteiger partial charge in [-0.05, 0) is 6.07 Å². The van der Waals surface area contributed by atoms with Gasteiger partial charge in [-0.2, -0.15) is 0 Å². The first-order chi connectivity index (χ1) is 7.85. The van der Waals surface area contributed by atoms with Crippen molar-refractivity contribution in [2.75, 3.05) is 29.1 Å². The highest BCUT2D eigenvalue weighted by Crippen LogP contribution is 2.25. The second-order valence-electron chi connectivity index (χ2n) is 3.52. The number of halogens is 2. The van der Waals surface area contributed by atoms with Crippen molar-refractivity contribution >= 4 is 32.8 Å². The average Bonchev–Trinajstić information content (AvgIpc) is 2.25. The highest BCUT2D eigenvalue weighted by Gasteiger charge is 2.09. The van der Waals surface area contributed by atoms with Crippen molar-refractivity contribution in [1.82, 2.24) is 0 Å². The Balaban J connectivity index is 2.68. The fourth-order valence-corrected chi connectivity index (χ4v) is 2.07. The van der Waals surface area contributed by atoms with Crippen LogP contribution in [0.25, 0.3) is 0 Å². The highest BCUT2D eigenvalue weighted by molar-refractivity contribution is 7.91. The summed E-state index contributed by atoms with van der Waals surface area (Å²) >= 11 is 5.59. The number of hydrogen-bond donors (Lipinski definition) is 2. The van der Waals surface area contributed by atoms with Crippen LogP contribution in [-0.2, 0) is 9.84 Å². The molecule has 0 aromatic heterocycles. The zero-order valence-electron chi connectivity index (χ0n) is 9.33. The Morgan fingerprint density at radius 3 is 2.71 bits per heavy atom. The van der Waals surface area contributed by atoms with E-state index in [0.29, 0.717) is 5.69 Å². The predicted octanol–water partition coefficient (Wildman–Crippen LogP) is 1.91. The lowest BCUT2D eigenvalue weighted by molar-refractivity contribution is 0.597. The van der Waals surface area contributed by atoms with E-state index < -0.39 is 15.7 Å². The molecule has 1 rings (SSSR count). The van der Waals surface area contributed by atoms with Crippen molar-refractivity contribution in [3.8, 4) is 0 Å². The molecule has 0 saturated carbocycles. The van der Waals surface area contributed by atoms with Crippen LogP contribution >= 0.6 is 11.6 Å². The number of rotatable bonds is 5. The fourth-order valence-electron chi connectivity index (χ4n) is 1.20. The molecule has 0 radical (unpaired) electrons. The normalized spacial score (nSPS) is 11.5. The molecule has 1 aromatic carbocycles. The Morgan fingerprint density at radius 2 is 2.12 bits per heavy atom. The number of nitrogens with one attached hydrogen (secondary N) is 1. The molecule has 0 atom stereocenters. The Hall–Kier alpha value is -1.01. The quantitative estimate of drug-likeness (QED) is 0.808. The Kier molecular flexibility index (Phi) is 4.59. The number of benzene rings is 1.